The number of amides is 1. The van der Waals surface area contributed by atoms with E-state index in [-0.39, 0.29) is 18.4 Å². The highest BCUT2D eigenvalue weighted by atomic mass is 16.4. The second-order valence-electron chi connectivity index (χ2n) is 7.10. The molecule has 0 spiro atoms. The lowest BCUT2D eigenvalue weighted by Crippen LogP contribution is -2.37. The second kappa shape index (κ2) is 9.19. The van der Waals surface area contributed by atoms with Crippen LogP contribution in [0.25, 0.3) is 5.82 Å². The molecule has 1 amide bonds. The highest BCUT2D eigenvalue weighted by Gasteiger charge is 2.21. The van der Waals surface area contributed by atoms with Crippen LogP contribution in [-0.2, 0) is 11.2 Å². The minimum absolute atomic E-state index is 0.00470. The molecule has 29 heavy (non-hydrogen) atoms. The van der Waals surface area contributed by atoms with Gasteiger partial charge in [-0.15, -0.1) is 0 Å². The lowest BCUT2D eigenvalue weighted by molar-refractivity contribution is -0.137. The molecule has 0 aliphatic heterocycles. The van der Waals surface area contributed by atoms with Crippen LogP contribution in [0.4, 0.5) is 0 Å². The van der Waals surface area contributed by atoms with Gasteiger partial charge in [-0.25, -0.2) is 4.98 Å². The minimum atomic E-state index is -0.870. The molecule has 1 aromatic carbocycles. The van der Waals surface area contributed by atoms with Crippen molar-refractivity contribution in [3.8, 4) is 5.82 Å². The summed E-state index contributed by atoms with van der Waals surface area (Å²) in [7, 11) is 0. The molecule has 3 rings (SSSR count). The Bertz CT molecular complexity index is 981. The Morgan fingerprint density at radius 3 is 2.48 bits per heavy atom. The van der Waals surface area contributed by atoms with Crippen LogP contribution in [0.15, 0.2) is 60.8 Å². The van der Waals surface area contributed by atoms with Gasteiger partial charge in [-0.2, -0.15) is 0 Å². The predicted octanol–water partition coefficient (Wildman–Crippen LogP) is 3.70. The summed E-state index contributed by atoms with van der Waals surface area (Å²) >= 11 is 0. The van der Waals surface area contributed by atoms with Gasteiger partial charge in [0.15, 0.2) is 0 Å². The molecule has 0 saturated carbocycles. The summed E-state index contributed by atoms with van der Waals surface area (Å²) < 4.78 is 1.94. The van der Waals surface area contributed by atoms with E-state index < -0.39 is 5.97 Å². The van der Waals surface area contributed by atoms with E-state index in [1.165, 1.54) is 0 Å². The van der Waals surface area contributed by atoms with Crippen LogP contribution in [0.1, 0.15) is 40.2 Å². The van der Waals surface area contributed by atoms with Crippen LogP contribution < -0.4 is 5.32 Å². The number of carbonyl (C=O) groups excluding carboxylic acids is 1. The Hall–Kier alpha value is -3.41. The van der Waals surface area contributed by atoms with Gasteiger partial charge in [-0.05, 0) is 50.5 Å². The fourth-order valence-corrected chi connectivity index (χ4v) is 3.52. The summed E-state index contributed by atoms with van der Waals surface area (Å²) in [5, 5.41) is 12.1. The van der Waals surface area contributed by atoms with Crippen molar-refractivity contribution in [1.29, 1.82) is 0 Å². The first-order valence-electron chi connectivity index (χ1n) is 9.62. The molecule has 6 nitrogen and oxygen atoms in total. The Balaban J connectivity index is 1.81. The fraction of sp³-hybridized carbons (Fsp3) is 0.261. The van der Waals surface area contributed by atoms with Gasteiger partial charge in [-0.1, -0.05) is 36.4 Å². The van der Waals surface area contributed by atoms with E-state index in [0.717, 1.165) is 22.8 Å². The standard InChI is InChI=1S/C23H25N3O3/c1-16-14-20(17(2)26(16)21-10-6-7-13-24-21)23(29)25-19(11-12-22(27)28)15-18-8-4-3-5-9-18/h3-10,13-14,19H,11-12,15H2,1-2H3,(H,25,29)(H,27,28). The van der Waals surface area contributed by atoms with Crippen molar-refractivity contribution in [2.24, 2.45) is 0 Å². The van der Waals surface area contributed by atoms with Gasteiger partial charge in [0.1, 0.15) is 5.82 Å². The lowest BCUT2D eigenvalue weighted by Gasteiger charge is -2.18. The van der Waals surface area contributed by atoms with Crippen LogP contribution in [0, 0.1) is 13.8 Å². The monoisotopic (exact) mass is 391 g/mol. The first-order valence-corrected chi connectivity index (χ1v) is 9.62. The largest absolute Gasteiger partial charge is 0.481 e. The van der Waals surface area contributed by atoms with Crippen molar-refractivity contribution in [3.63, 3.8) is 0 Å². The molecule has 0 bridgehead atoms. The van der Waals surface area contributed by atoms with Crippen LogP contribution in [0.3, 0.4) is 0 Å². The number of carboxylic acids is 1. The molecular weight excluding hydrogens is 366 g/mol. The third kappa shape index (κ3) is 5.10. The quantitative estimate of drug-likeness (QED) is 0.613. The molecule has 0 radical (unpaired) electrons. The van der Waals surface area contributed by atoms with Crippen LogP contribution in [-0.4, -0.2) is 32.6 Å². The molecule has 2 aromatic heterocycles. The Morgan fingerprint density at radius 1 is 1.10 bits per heavy atom. The number of rotatable bonds is 8. The van der Waals surface area contributed by atoms with Gasteiger partial charge in [0.25, 0.3) is 5.91 Å². The average Bonchev–Trinajstić information content (AvgIpc) is 3.01. The maximum Gasteiger partial charge on any atom is 0.303 e. The summed E-state index contributed by atoms with van der Waals surface area (Å²) in [5.41, 5.74) is 3.34. The number of benzene rings is 1. The lowest BCUT2D eigenvalue weighted by atomic mass is 10.0. The molecule has 150 valence electrons. The van der Waals surface area contributed by atoms with Crippen molar-refractivity contribution >= 4 is 11.9 Å². The van der Waals surface area contributed by atoms with E-state index in [9.17, 15) is 9.59 Å². The molecule has 6 heteroatoms. The van der Waals surface area contributed by atoms with Crippen molar-refractivity contribution in [2.45, 2.75) is 39.2 Å². The van der Waals surface area contributed by atoms with Gasteiger partial charge in [0.2, 0.25) is 0 Å². The van der Waals surface area contributed by atoms with Gasteiger partial charge >= 0.3 is 5.97 Å². The molecular formula is C23H25N3O3. The second-order valence-corrected chi connectivity index (χ2v) is 7.10. The fourth-order valence-electron chi connectivity index (χ4n) is 3.52. The first kappa shape index (κ1) is 20.3. The van der Waals surface area contributed by atoms with E-state index in [1.807, 2.05) is 73.0 Å². The van der Waals surface area contributed by atoms with Gasteiger partial charge in [-0.3, -0.25) is 9.59 Å². The van der Waals surface area contributed by atoms with Gasteiger partial charge in [0, 0.05) is 30.0 Å². The molecule has 1 atom stereocenters. The Kier molecular flexibility index (Phi) is 6.44. The van der Waals surface area contributed by atoms with Crippen molar-refractivity contribution in [2.75, 3.05) is 0 Å². The highest BCUT2D eigenvalue weighted by Crippen LogP contribution is 2.20. The molecule has 0 aliphatic carbocycles. The number of aromatic nitrogens is 2. The normalized spacial score (nSPS) is 11.8. The number of aliphatic carboxylic acids is 1. The smallest absolute Gasteiger partial charge is 0.303 e. The summed E-state index contributed by atoms with van der Waals surface area (Å²) in [6.07, 6.45) is 2.67. The summed E-state index contributed by atoms with van der Waals surface area (Å²) in [4.78, 5) is 28.4. The van der Waals surface area contributed by atoms with Crippen LogP contribution in [0.2, 0.25) is 0 Å². The van der Waals surface area contributed by atoms with Gasteiger partial charge < -0.3 is 15.0 Å². The zero-order chi connectivity index (χ0) is 20.8. The zero-order valence-corrected chi connectivity index (χ0v) is 16.6. The molecule has 0 fully saturated rings. The molecule has 2 N–H and O–H groups in total. The number of nitrogens with one attached hydrogen (secondary N) is 1. The van der Waals surface area contributed by atoms with E-state index in [4.69, 9.17) is 5.11 Å². The molecule has 0 aliphatic rings. The summed E-state index contributed by atoms with van der Waals surface area (Å²) in [5.74, 6) is -0.314. The number of hydrogen-bond donors (Lipinski definition) is 2. The van der Waals surface area contributed by atoms with E-state index in [2.05, 4.69) is 10.3 Å². The number of carbonyl (C=O) groups is 2. The predicted molar refractivity (Wildman–Crippen MR) is 111 cm³/mol. The van der Waals surface area contributed by atoms with E-state index in [0.29, 0.717) is 18.4 Å². The van der Waals surface area contributed by atoms with E-state index in [1.54, 1.807) is 6.20 Å². The number of pyridine rings is 1. The maximum absolute atomic E-state index is 13.0. The Morgan fingerprint density at radius 2 is 1.83 bits per heavy atom. The summed E-state index contributed by atoms with van der Waals surface area (Å²) in [6, 6.07) is 17.0. The average molecular weight is 391 g/mol. The number of hydrogen-bond acceptors (Lipinski definition) is 3. The molecule has 0 saturated heterocycles. The third-order valence-corrected chi connectivity index (χ3v) is 4.92. The molecule has 2 heterocycles. The van der Waals surface area contributed by atoms with Gasteiger partial charge in [0.05, 0.1) is 5.56 Å². The third-order valence-electron chi connectivity index (χ3n) is 4.92. The number of aryl methyl sites for hydroxylation is 1. The highest BCUT2D eigenvalue weighted by molar-refractivity contribution is 5.96. The minimum Gasteiger partial charge on any atom is -0.481 e. The van der Waals surface area contributed by atoms with Crippen LogP contribution in [0.5, 0.6) is 0 Å². The number of carboxylic acid groups (broad SMARTS) is 1. The number of nitrogens with zero attached hydrogens (tertiary/aromatic N) is 2. The zero-order valence-electron chi connectivity index (χ0n) is 16.6. The SMILES string of the molecule is Cc1cc(C(=O)NC(CCC(=O)O)Cc2ccccc2)c(C)n1-c1ccccn1. The summed E-state index contributed by atoms with van der Waals surface area (Å²) in [6.45, 7) is 3.82. The van der Waals surface area contributed by atoms with E-state index >= 15 is 0 Å². The van der Waals surface area contributed by atoms with Crippen molar-refractivity contribution in [1.82, 2.24) is 14.9 Å². The maximum atomic E-state index is 13.0. The topological polar surface area (TPSA) is 84.2 Å². The van der Waals surface area contributed by atoms with Crippen LogP contribution >= 0.6 is 0 Å². The molecule has 3 aromatic rings. The van der Waals surface area contributed by atoms with Crippen molar-refractivity contribution < 1.29 is 14.7 Å². The Labute approximate surface area is 170 Å². The first-order chi connectivity index (χ1) is 14.0. The molecule has 1 unspecified atom stereocenters. The van der Waals surface area contributed by atoms with Crippen molar-refractivity contribution in [3.05, 3.63) is 83.3 Å².